The first-order valence-corrected chi connectivity index (χ1v) is 9.38. The Balaban J connectivity index is 1.59. The summed E-state index contributed by atoms with van der Waals surface area (Å²) < 4.78 is 5.73. The highest BCUT2D eigenvalue weighted by atomic mass is 16.4. The van der Waals surface area contributed by atoms with E-state index in [2.05, 4.69) is 41.3 Å². The molecular weight excluding hydrogens is 338 g/mol. The van der Waals surface area contributed by atoms with Gasteiger partial charge in [0.2, 0.25) is 0 Å². The minimum absolute atomic E-state index is 0.0135. The zero-order valence-electron chi connectivity index (χ0n) is 15.1. The summed E-state index contributed by atoms with van der Waals surface area (Å²) >= 11 is 0. The summed E-state index contributed by atoms with van der Waals surface area (Å²) in [7, 11) is 0. The van der Waals surface area contributed by atoms with E-state index in [1.54, 1.807) is 6.26 Å². The second kappa shape index (κ2) is 7.80. The number of likely N-dealkylation sites (tertiary alicyclic amines) is 1. The van der Waals surface area contributed by atoms with Crippen molar-refractivity contribution in [3.63, 3.8) is 0 Å². The minimum atomic E-state index is -0.684. The maximum atomic E-state index is 11.3. The number of benzene rings is 2. The first-order chi connectivity index (χ1) is 13.2. The van der Waals surface area contributed by atoms with E-state index in [-0.39, 0.29) is 12.0 Å². The van der Waals surface area contributed by atoms with Crippen molar-refractivity contribution in [2.24, 2.45) is 5.92 Å². The summed E-state index contributed by atoms with van der Waals surface area (Å²) in [5.74, 6) is -0.0217. The number of nitrogens with zero attached hydrogens (tertiary/aromatic N) is 1. The highest BCUT2D eigenvalue weighted by Gasteiger charge is 2.31. The molecule has 4 rings (SSSR count). The molecule has 2 aromatic carbocycles. The molecule has 4 heteroatoms. The van der Waals surface area contributed by atoms with E-state index >= 15 is 0 Å². The molecule has 1 unspecified atom stereocenters. The first kappa shape index (κ1) is 17.6. The summed E-state index contributed by atoms with van der Waals surface area (Å²) in [6.45, 7) is 1.51. The van der Waals surface area contributed by atoms with Crippen molar-refractivity contribution in [1.82, 2.24) is 4.90 Å². The molecule has 138 valence electrons. The van der Waals surface area contributed by atoms with Crippen LogP contribution in [0.2, 0.25) is 0 Å². The monoisotopic (exact) mass is 361 g/mol. The summed E-state index contributed by atoms with van der Waals surface area (Å²) in [6.07, 6.45) is 3.05. The predicted octanol–water partition coefficient (Wildman–Crippen LogP) is 4.83. The van der Waals surface area contributed by atoms with E-state index in [0.717, 1.165) is 18.8 Å². The van der Waals surface area contributed by atoms with Gasteiger partial charge in [-0.15, -0.1) is 0 Å². The van der Waals surface area contributed by atoms with Gasteiger partial charge in [0.15, 0.2) is 0 Å². The fraction of sp³-hybridized carbons (Fsp3) is 0.261. The smallest absolute Gasteiger partial charge is 0.306 e. The van der Waals surface area contributed by atoms with Crippen LogP contribution in [0.3, 0.4) is 0 Å². The summed E-state index contributed by atoms with van der Waals surface area (Å²) in [5, 5.41) is 9.27. The number of hydrogen-bond acceptors (Lipinski definition) is 3. The molecule has 3 aromatic rings. The van der Waals surface area contributed by atoms with Crippen LogP contribution in [0, 0.1) is 5.92 Å². The largest absolute Gasteiger partial charge is 0.481 e. The van der Waals surface area contributed by atoms with Gasteiger partial charge < -0.3 is 9.52 Å². The van der Waals surface area contributed by atoms with E-state index in [1.165, 1.54) is 16.7 Å². The molecular formula is C23H23NO3. The molecule has 27 heavy (non-hydrogen) atoms. The third kappa shape index (κ3) is 3.81. The first-order valence-electron chi connectivity index (χ1n) is 9.38. The number of carboxylic acid groups (broad SMARTS) is 1. The SMILES string of the molecule is O=C(O)C1CCN(C(c2ccc(-c3ccccc3)cc2)c2ccco2)CC1. The maximum absolute atomic E-state index is 11.3. The van der Waals surface area contributed by atoms with Crippen LogP contribution in [0.25, 0.3) is 11.1 Å². The van der Waals surface area contributed by atoms with Crippen LogP contribution in [0.4, 0.5) is 0 Å². The van der Waals surface area contributed by atoms with Gasteiger partial charge >= 0.3 is 5.97 Å². The molecule has 0 saturated carbocycles. The van der Waals surface area contributed by atoms with Crippen molar-refractivity contribution in [1.29, 1.82) is 0 Å². The standard InChI is InChI=1S/C23H23NO3/c25-23(26)20-12-14-24(15-13-20)22(21-7-4-16-27-21)19-10-8-18(9-11-19)17-5-2-1-3-6-17/h1-11,16,20,22H,12-15H2,(H,25,26). The van der Waals surface area contributed by atoms with Gasteiger partial charge in [-0.25, -0.2) is 0 Å². The lowest BCUT2D eigenvalue weighted by atomic mass is 9.93. The molecule has 1 aliphatic rings. The molecule has 0 aliphatic carbocycles. The van der Waals surface area contributed by atoms with Crippen LogP contribution in [-0.4, -0.2) is 29.1 Å². The summed E-state index contributed by atoms with van der Waals surface area (Å²) in [4.78, 5) is 13.6. The number of aliphatic carboxylic acids is 1. The lowest BCUT2D eigenvalue weighted by Gasteiger charge is -2.35. The zero-order valence-corrected chi connectivity index (χ0v) is 15.1. The zero-order chi connectivity index (χ0) is 18.6. The molecule has 0 amide bonds. The number of hydrogen-bond donors (Lipinski definition) is 1. The molecule has 1 atom stereocenters. The summed E-state index contributed by atoms with van der Waals surface area (Å²) in [6, 6.07) is 22.8. The van der Waals surface area contributed by atoms with Gasteiger partial charge in [0.05, 0.1) is 18.2 Å². The molecule has 1 fully saturated rings. The van der Waals surface area contributed by atoms with E-state index < -0.39 is 5.97 Å². The van der Waals surface area contributed by atoms with Gasteiger partial charge in [0, 0.05) is 0 Å². The fourth-order valence-electron chi connectivity index (χ4n) is 3.89. The van der Waals surface area contributed by atoms with Gasteiger partial charge in [0.1, 0.15) is 5.76 Å². The van der Waals surface area contributed by atoms with Crippen LogP contribution in [0.15, 0.2) is 77.4 Å². The van der Waals surface area contributed by atoms with E-state index in [4.69, 9.17) is 4.42 Å². The van der Waals surface area contributed by atoms with Crippen molar-refractivity contribution in [3.8, 4) is 11.1 Å². The second-order valence-corrected chi connectivity index (χ2v) is 7.05. The molecule has 1 aliphatic heterocycles. The Hall–Kier alpha value is -2.85. The Kier molecular flexibility index (Phi) is 5.07. The van der Waals surface area contributed by atoms with Crippen LogP contribution in [0.5, 0.6) is 0 Å². The molecule has 1 aromatic heterocycles. The second-order valence-electron chi connectivity index (χ2n) is 7.05. The molecule has 0 spiro atoms. The van der Waals surface area contributed by atoms with E-state index in [0.29, 0.717) is 12.8 Å². The Morgan fingerprint density at radius 1 is 0.926 bits per heavy atom. The van der Waals surface area contributed by atoms with Gasteiger partial charge in [-0.2, -0.15) is 0 Å². The number of piperidine rings is 1. The maximum Gasteiger partial charge on any atom is 0.306 e. The lowest BCUT2D eigenvalue weighted by Crippen LogP contribution is -2.39. The van der Waals surface area contributed by atoms with Crippen LogP contribution < -0.4 is 0 Å². The molecule has 0 bridgehead atoms. The van der Waals surface area contributed by atoms with Gasteiger partial charge in [-0.05, 0) is 54.8 Å². The Bertz CT molecular complexity index is 864. The predicted molar refractivity (Wildman–Crippen MR) is 104 cm³/mol. The Labute approximate surface area is 159 Å². The highest BCUT2D eigenvalue weighted by Crippen LogP contribution is 2.33. The van der Waals surface area contributed by atoms with E-state index in [1.807, 2.05) is 30.3 Å². The molecule has 4 nitrogen and oxygen atoms in total. The minimum Gasteiger partial charge on any atom is -0.481 e. The van der Waals surface area contributed by atoms with Crippen LogP contribution >= 0.6 is 0 Å². The van der Waals surface area contributed by atoms with Crippen LogP contribution in [0.1, 0.15) is 30.2 Å². The van der Waals surface area contributed by atoms with Crippen LogP contribution in [-0.2, 0) is 4.79 Å². The highest BCUT2D eigenvalue weighted by molar-refractivity contribution is 5.70. The Morgan fingerprint density at radius 2 is 1.59 bits per heavy atom. The molecule has 2 heterocycles. The topological polar surface area (TPSA) is 53.7 Å². The van der Waals surface area contributed by atoms with Crippen molar-refractivity contribution in [2.45, 2.75) is 18.9 Å². The van der Waals surface area contributed by atoms with Crippen molar-refractivity contribution >= 4 is 5.97 Å². The van der Waals surface area contributed by atoms with E-state index in [9.17, 15) is 9.90 Å². The van der Waals surface area contributed by atoms with Crippen molar-refractivity contribution in [2.75, 3.05) is 13.1 Å². The van der Waals surface area contributed by atoms with Gasteiger partial charge in [0.25, 0.3) is 0 Å². The Morgan fingerprint density at radius 3 is 2.19 bits per heavy atom. The average molecular weight is 361 g/mol. The number of rotatable bonds is 5. The summed E-state index contributed by atoms with van der Waals surface area (Å²) in [5.41, 5.74) is 3.54. The molecule has 1 saturated heterocycles. The average Bonchev–Trinajstić information content (AvgIpc) is 3.24. The third-order valence-corrected chi connectivity index (χ3v) is 5.39. The molecule has 1 N–H and O–H groups in total. The fourth-order valence-corrected chi connectivity index (χ4v) is 3.89. The van der Waals surface area contributed by atoms with Crippen molar-refractivity contribution in [3.05, 3.63) is 84.3 Å². The number of furan rings is 1. The van der Waals surface area contributed by atoms with Gasteiger partial charge in [-0.3, -0.25) is 9.69 Å². The lowest BCUT2D eigenvalue weighted by molar-refractivity contribution is -0.143. The van der Waals surface area contributed by atoms with Gasteiger partial charge in [-0.1, -0.05) is 54.6 Å². The third-order valence-electron chi connectivity index (χ3n) is 5.39. The quantitative estimate of drug-likeness (QED) is 0.707. The number of carboxylic acids is 1. The number of carbonyl (C=O) groups is 1. The normalized spacial score (nSPS) is 16.9. The molecule has 0 radical (unpaired) electrons. The van der Waals surface area contributed by atoms with Crippen molar-refractivity contribution < 1.29 is 14.3 Å².